The highest BCUT2D eigenvalue weighted by molar-refractivity contribution is 5.92. The second-order valence-corrected chi connectivity index (χ2v) is 4.87. The minimum Gasteiger partial charge on any atom is -0.497 e. The van der Waals surface area contributed by atoms with Crippen molar-refractivity contribution in [1.29, 1.82) is 0 Å². The molecule has 1 unspecified atom stereocenters. The topological polar surface area (TPSA) is 52.6 Å². The van der Waals surface area contributed by atoms with Gasteiger partial charge in [0.25, 0.3) is 0 Å². The van der Waals surface area contributed by atoms with Gasteiger partial charge in [-0.05, 0) is 30.5 Å². The predicted octanol–water partition coefficient (Wildman–Crippen LogP) is 2.25. The van der Waals surface area contributed by atoms with E-state index in [-0.39, 0.29) is 18.2 Å². The van der Waals surface area contributed by atoms with Crippen LogP contribution < -0.4 is 4.74 Å². The number of ketones is 1. The zero-order chi connectivity index (χ0) is 13.9. The molecule has 0 spiro atoms. The first-order chi connectivity index (χ1) is 9.12. The van der Waals surface area contributed by atoms with Crippen LogP contribution in [0.5, 0.6) is 5.75 Å². The summed E-state index contributed by atoms with van der Waals surface area (Å²) in [6.45, 7) is 0. The van der Waals surface area contributed by atoms with Gasteiger partial charge in [-0.1, -0.05) is 12.1 Å². The van der Waals surface area contributed by atoms with Crippen molar-refractivity contribution in [2.24, 2.45) is 0 Å². The van der Waals surface area contributed by atoms with Crippen molar-refractivity contribution < 1.29 is 19.1 Å². The number of esters is 1. The first kappa shape index (κ1) is 13.6. The number of carbonyl (C=O) groups excluding carboxylic acids is 2. The number of ether oxygens (including phenoxy) is 2. The van der Waals surface area contributed by atoms with Crippen molar-refractivity contribution in [2.45, 2.75) is 31.1 Å². The Hall–Kier alpha value is -1.84. The number of methoxy groups -OCH3 is 2. The lowest BCUT2D eigenvalue weighted by Gasteiger charge is -2.34. The Morgan fingerprint density at radius 2 is 2.11 bits per heavy atom. The van der Waals surface area contributed by atoms with Crippen LogP contribution in [0.25, 0.3) is 0 Å². The third kappa shape index (κ3) is 2.48. The Bertz CT molecular complexity index is 495. The molecule has 1 aliphatic carbocycles. The standard InChI is InChI=1S/C15H18O4/c1-18-13-7-3-5-11(9-13)15(14(17)19-2)8-4-6-12(16)10-15/h3,5,7,9H,4,6,8,10H2,1-2H3. The third-order valence-electron chi connectivity index (χ3n) is 3.76. The lowest BCUT2D eigenvalue weighted by molar-refractivity contribution is -0.151. The highest BCUT2D eigenvalue weighted by Crippen LogP contribution is 2.40. The number of hydrogen-bond acceptors (Lipinski definition) is 4. The predicted molar refractivity (Wildman–Crippen MR) is 70.2 cm³/mol. The molecular weight excluding hydrogens is 244 g/mol. The first-order valence-corrected chi connectivity index (χ1v) is 6.37. The van der Waals surface area contributed by atoms with Crippen LogP contribution in [0.15, 0.2) is 24.3 Å². The van der Waals surface area contributed by atoms with E-state index in [2.05, 4.69) is 0 Å². The van der Waals surface area contributed by atoms with Gasteiger partial charge in [-0.25, -0.2) is 0 Å². The highest BCUT2D eigenvalue weighted by Gasteiger charge is 2.45. The number of Topliss-reactive ketones (excluding diaryl/α,β-unsaturated/α-hetero) is 1. The lowest BCUT2D eigenvalue weighted by Crippen LogP contribution is -2.41. The first-order valence-electron chi connectivity index (χ1n) is 6.37. The van der Waals surface area contributed by atoms with E-state index >= 15 is 0 Å². The number of rotatable bonds is 3. The molecule has 1 aliphatic rings. The molecule has 0 aromatic heterocycles. The Balaban J connectivity index is 2.47. The molecule has 102 valence electrons. The fourth-order valence-corrected chi connectivity index (χ4v) is 2.76. The van der Waals surface area contributed by atoms with Crippen LogP contribution >= 0.6 is 0 Å². The molecule has 0 saturated heterocycles. The van der Waals surface area contributed by atoms with Crippen LogP contribution in [0.3, 0.4) is 0 Å². The van der Waals surface area contributed by atoms with Gasteiger partial charge < -0.3 is 9.47 Å². The molecular formula is C15H18O4. The molecule has 0 amide bonds. The lowest BCUT2D eigenvalue weighted by atomic mass is 9.69. The van der Waals surface area contributed by atoms with E-state index in [1.54, 1.807) is 7.11 Å². The average Bonchev–Trinajstić information content (AvgIpc) is 2.46. The van der Waals surface area contributed by atoms with E-state index in [1.807, 2.05) is 24.3 Å². The van der Waals surface area contributed by atoms with E-state index in [0.29, 0.717) is 25.0 Å². The molecule has 1 atom stereocenters. The maximum atomic E-state index is 12.2. The highest BCUT2D eigenvalue weighted by atomic mass is 16.5. The minimum absolute atomic E-state index is 0.111. The van der Waals surface area contributed by atoms with Gasteiger partial charge in [0.15, 0.2) is 0 Å². The van der Waals surface area contributed by atoms with Gasteiger partial charge in [0.2, 0.25) is 0 Å². The third-order valence-corrected chi connectivity index (χ3v) is 3.76. The fraction of sp³-hybridized carbons (Fsp3) is 0.467. The van der Waals surface area contributed by atoms with Gasteiger partial charge in [-0.3, -0.25) is 9.59 Å². The second kappa shape index (κ2) is 5.43. The molecule has 1 aromatic carbocycles. The summed E-state index contributed by atoms with van der Waals surface area (Å²) >= 11 is 0. The summed E-state index contributed by atoms with van der Waals surface area (Å²) in [4.78, 5) is 24.0. The molecule has 1 fully saturated rings. The zero-order valence-corrected chi connectivity index (χ0v) is 11.3. The molecule has 1 aromatic rings. The number of hydrogen-bond donors (Lipinski definition) is 0. The molecule has 0 aliphatic heterocycles. The van der Waals surface area contributed by atoms with Crippen LogP contribution in [0.4, 0.5) is 0 Å². The fourth-order valence-electron chi connectivity index (χ4n) is 2.76. The van der Waals surface area contributed by atoms with E-state index in [4.69, 9.17) is 9.47 Å². The summed E-state index contributed by atoms with van der Waals surface area (Å²) < 4.78 is 10.1. The summed E-state index contributed by atoms with van der Waals surface area (Å²) in [5.74, 6) is 0.451. The summed E-state index contributed by atoms with van der Waals surface area (Å²) in [5.41, 5.74) is -0.0507. The molecule has 0 N–H and O–H groups in total. The Morgan fingerprint density at radius 3 is 2.74 bits per heavy atom. The van der Waals surface area contributed by atoms with E-state index in [0.717, 1.165) is 5.56 Å². The minimum atomic E-state index is -0.849. The van der Waals surface area contributed by atoms with Crippen molar-refractivity contribution >= 4 is 11.8 Å². The molecule has 1 saturated carbocycles. The second-order valence-electron chi connectivity index (χ2n) is 4.87. The van der Waals surface area contributed by atoms with Crippen LogP contribution in [0.2, 0.25) is 0 Å². The number of carbonyl (C=O) groups is 2. The van der Waals surface area contributed by atoms with E-state index in [9.17, 15) is 9.59 Å². The maximum absolute atomic E-state index is 12.2. The molecule has 2 rings (SSSR count). The molecule has 4 heteroatoms. The zero-order valence-electron chi connectivity index (χ0n) is 11.3. The van der Waals surface area contributed by atoms with Gasteiger partial charge in [-0.2, -0.15) is 0 Å². The summed E-state index contributed by atoms with van der Waals surface area (Å²) in [7, 11) is 2.94. The molecule has 19 heavy (non-hydrogen) atoms. The van der Waals surface area contributed by atoms with Crippen LogP contribution in [0, 0.1) is 0 Å². The molecule has 0 bridgehead atoms. The molecule has 0 heterocycles. The molecule has 0 radical (unpaired) electrons. The van der Waals surface area contributed by atoms with Crippen LogP contribution in [0.1, 0.15) is 31.2 Å². The van der Waals surface area contributed by atoms with Gasteiger partial charge in [0.05, 0.1) is 19.6 Å². The van der Waals surface area contributed by atoms with Crippen molar-refractivity contribution in [3.63, 3.8) is 0 Å². The Kier molecular flexibility index (Phi) is 3.88. The van der Waals surface area contributed by atoms with Crippen LogP contribution in [-0.2, 0) is 19.7 Å². The van der Waals surface area contributed by atoms with E-state index in [1.165, 1.54) is 7.11 Å². The summed E-state index contributed by atoms with van der Waals surface area (Å²) in [6.07, 6.45) is 2.11. The van der Waals surface area contributed by atoms with Crippen LogP contribution in [-0.4, -0.2) is 26.0 Å². The maximum Gasteiger partial charge on any atom is 0.316 e. The monoisotopic (exact) mass is 262 g/mol. The summed E-state index contributed by atoms with van der Waals surface area (Å²) in [6, 6.07) is 7.32. The van der Waals surface area contributed by atoms with Gasteiger partial charge >= 0.3 is 5.97 Å². The van der Waals surface area contributed by atoms with E-state index < -0.39 is 5.41 Å². The van der Waals surface area contributed by atoms with Crippen molar-refractivity contribution in [1.82, 2.24) is 0 Å². The summed E-state index contributed by atoms with van der Waals surface area (Å²) in [5, 5.41) is 0. The van der Waals surface area contributed by atoms with Crippen molar-refractivity contribution in [2.75, 3.05) is 14.2 Å². The Morgan fingerprint density at radius 1 is 1.32 bits per heavy atom. The molecule has 4 nitrogen and oxygen atoms in total. The van der Waals surface area contributed by atoms with Gasteiger partial charge in [0.1, 0.15) is 11.5 Å². The quantitative estimate of drug-likeness (QED) is 0.784. The van der Waals surface area contributed by atoms with Gasteiger partial charge in [0, 0.05) is 12.8 Å². The van der Waals surface area contributed by atoms with Crippen molar-refractivity contribution in [3.05, 3.63) is 29.8 Å². The smallest absolute Gasteiger partial charge is 0.316 e. The largest absolute Gasteiger partial charge is 0.497 e. The van der Waals surface area contributed by atoms with Crippen molar-refractivity contribution in [3.8, 4) is 5.75 Å². The normalized spacial score (nSPS) is 22.9. The van der Waals surface area contributed by atoms with Gasteiger partial charge in [-0.15, -0.1) is 0 Å². The SMILES string of the molecule is COC(=O)C1(c2cccc(OC)c2)CCCC(=O)C1. The average molecular weight is 262 g/mol. The Labute approximate surface area is 112 Å². The number of benzene rings is 1.